The molecule has 0 heterocycles. The summed E-state index contributed by atoms with van der Waals surface area (Å²) in [7, 11) is 0. The van der Waals surface area contributed by atoms with Gasteiger partial charge in [0.05, 0.1) is 0 Å². The fourth-order valence-electron chi connectivity index (χ4n) is 2.68. The van der Waals surface area contributed by atoms with Crippen LogP contribution in [0.15, 0.2) is 0 Å². The van der Waals surface area contributed by atoms with Gasteiger partial charge in [0.2, 0.25) is 5.91 Å². The molecule has 22 heavy (non-hydrogen) atoms. The van der Waals surface area contributed by atoms with Gasteiger partial charge in [-0.1, -0.05) is 90.4 Å². The molecule has 0 bridgehead atoms. The van der Waals surface area contributed by atoms with E-state index in [1.807, 2.05) is 0 Å². The van der Waals surface area contributed by atoms with Crippen LogP contribution < -0.4 is 5.32 Å². The van der Waals surface area contributed by atoms with Crippen LogP contribution >= 0.6 is 0 Å². The minimum absolute atomic E-state index is 0.255. The van der Waals surface area contributed by atoms with Gasteiger partial charge in [-0.2, -0.15) is 0 Å². The molecule has 3 nitrogen and oxygen atoms in total. The molecule has 0 aliphatic carbocycles. The van der Waals surface area contributed by atoms with Gasteiger partial charge in [0.25, 0.3) is 0 Å². The summed E-state index contributed by atoms with van der Waals surface area (Å²) >= 11 is 0. The van der Waals surface area contributed by atoms with Crippen LogP contribution in [0, 0.1) is 0 Å². The number of carbonyl (C=O) groups excluding carboxylic acids is 1. The number of aliphatic hydroxyl groups is 1. The molecule has 0 saturated heterocycles. The average Bonchev–Trinajstić information content (AvgIpc) is 2.50. The first kappa shape index (κ1) is 21.4. The topological polar surface area (TPSA) is 49.3 Å². The molecule has 0 saturated carbocycles. The number of carbonyl (C=O) groups is 1. The molecule has 1 amide bonds. The molecule has 0 aliphatic rings. The molecule has 0 radical (unpaired) electrons. The Balaban J connectivity index is 3.04. The summed E-state index contributed by atoms with van der Waals surface area (Å²) in [5.41, 5.74) is 0. The highest BCUT2D eigenvalue weighted by atomic mass is 16.3. The standard InChI is InChI=1S/C19H39NO2/c1-3-4-5-6-7-8-9-10-11-12-13-14-15-16-17-20-19(22)18(2)21/h18,21H,3-17H2,1-2H3,(H,20,22)/t18-/m0/s1. The van der Waals surface area contributed by atoms with Gasteiger partial charge in [0, 0.05) is 6.54 Å². The Labute approximate surface area is 138 Å². The summed E-state index contributed by atoms with van der Waals surface area (Å²) in [5.74, 6) is -0.255. The van der Waals surface area contributed by atoms with Gasteiger partial charge in [-0.05, 0) is 13.3 Å². The monoisotopic (exact) mass is 313 g/mol. The highest BCUT2D eigenvalue weighted by Gasteiger charge is 2.06. The lowest BCUT2D eigenvalue weighted by Gasteiger charge is -2.06. The SMILES string of the molecule is CCCCCCCCCCCCCCCCNC(=O)[C@H](C)O. The van der Waals surface area contributed by atoms with Crippen molar-refractivity contribution in [2.24, 2.45) is 0 Å². The number of nitrogens with one attached hydrogen (secondary N) is 1. The van der Waals surface area contributed by atoms with E-state index in [9.17, 15) is 4.79 Å². The Morgan fingerprint density at radius 3 is 1.50 bits per heavy atom. The molecular formula is C19H39NO2. The second-order valence-electron chi connectivity index (χ2n) is 6.56. The van der Waals surface area contributed by atoms with Crippen LogP contribution in [0.25, 0.3) is 0 Å². The van der Waals surface area contributed by atoms with Crippen molar-refractivity contribution in [3.8, 4) is 0 Å². The van der Waals surface area contributed by atoms with Crippen molar-refractivity contribution in [1.29, 1.82) is 0 Å². The van der Waals surface area contributed by atoms with Crippen LogP contribution in [0.2, 0.25) is 0 Å². The van der Waals surface area contributed by atoms with Crippen molar-refractivity contribution < 1.29 is 9.90 Å². The maximum atomic E-state index is 11.1. The highest BCUT2D eigenvalue weighted by molar-refractivity contribution is 5.79. The van der Waals surface area contributed by atoms with E-state index in [4.69, 9.17) is 5.11 Å². The van der Waals surface area contributed by atoms with E-state index in [2.05, 4.69) is 12.2 Å². The molecule has 0 unspecified atom stereocenters. The molecule has 0 rings (SSSR count). The third-order valence-electron chi connectivity index (χ3n) is 4.21. The Hall–Kier alpha value is -0.570. The molecular weight excluding hydrogens is 274 g/mol. The van der Waals surface area contributed by atoms with Gasteiger partial charge in [0.1, 0.15) is 6.10 Å². The molecule has 0 spiro atoms. The zero-order valence-corrected chi connectivity index (χ0v) is 15.0. The summed E-state index contributed by atoms with van der Waals surface area (Å²) in [6, 6.07) is 0. The van der Waals surface area contributed by atoms with Gasteiger partial charge < -0.3 is 10.4 Å². The van der Waals surface area contributed by atoms with Crippen LogP contribution in [0.4, 0.5) is 0 Å². The van der Waals surface area contributed by atoms with Gasteiger partial charge in [-0.25, -0.2) is 0 Å². The number of amides is 1. The zero-order valence-electron chi connectivity index (χ0n) is 15.0. The molecule has 1 atom stereocenters. The van der Waals surface area contributed by atoms with Crippen LogP contribution in [-0.4, -0.2) is 23.7 Å². The van der Waals surface area contributed by atoms with Crippen LogP contribution in [0.3, 0.4) is 0 Å². The van der Waals surface area contributed by atoms with Crippen LogP contribution in [-0.2, 0) is 4.79 Å². The van der Waals surface area contributed by atoms with E-state index in [1.165, 1.54) is 90.4 Å². The second-order valence-corrected chi connectivity index (χ2v) is 6.56. The third kappa shape index (κ3) is 15.8. The average molecular weight is 314 g/mol. The van der Waals surface area contributed by atoms with E-state index in [0.717, 1.165) is 6.42 Å². The summed E-state index contributed by atoms with van der Waals surface area (Å²) in [5, 5.41) is 11.8. The van der Waals surface area contributed by atoms with E-state index < -0.39 is 6.10 Å². The van der Waals surface area contributed by atoms with Gasteiger partial charge >= 0.3 is 0 Å². The lowest BCUT2D eigenvalue weighted by molar-refractivity contribution is -0.128. The Kier molecular flexibility index (Phi) is 16.4. The molecule has 2 N–H and O–H groups in total. The van der Waals surface area contributed by atoms with Crippen molar-refractivity contribution in [2.75, 3.05) is 6.54 Å². The fourth-order valence-corrected chi connectivity index (χ4v) is 2.68. The van der Waals surface area contributed by atoms with E-state index in [0.29, 0.717) is 6.54 Å². The zero-order chi connectivity index (χ0) is 16.5. The quantitative estimate of drug-likeness (QED) is 0.395. The predicted molar refractivity (Wildman–Crippen MR) is 95.0 cm³/mol. The summed E-state index contributed by atoms with van der Waals surface area (Å²) < 4.78 is 0. The van der Waals surface area contributed by atoms with Crippen molar-refractivity contribution in [1.82, 2.24) is 5.32 Å². The van der Waals surface area contributed by atoms with Crippen LogP contribution in [0.5, 0.6) is 0 Å². The predicted octanol–water partition coefficient (Wildman–Crippen LogP) is 4.96. The Morgan fingerprint density at radius 1 is 0.773 bits per heavy atom. The minimum Gasteiger partial charge on any atom is -0.384 e. The van der Waals surface area contributed by atoms with Crippen molar-refractivity contribution in [3.05, 3.63) is 0 Å². The molecule has 3 heteroatoms. The van der Waals surface area contributed by atoms with E-state index >= 15 is 0 Å². The molecule has 0 aromatic carbocycles. The lowest BCUT2D eigenvalue weighted by atomic mass is 10.0. The fraction of sp³-hybridized carbons (Fsp3) is 0.947. The number of aliphatic hydroxyl groups excluding tert-OH is 1. The first-order chi connectivity index (χ1) is 10.7. The molecule has 0 aromatic heterocycles. The maximum Gasteiger partial charge on any atom is 0.248 e. The van der Waals surface area contributed by atoms with Gasteiger partial charge in [-0.3, -0.25) is 4.79 Å². The minimum atomic E-state index is -0.883. The van der Waals surface area contributed by atoms with Gasteiger partial charge in [-0.15, -0.1) is 0 Å². The molecule has 0 aromatic rings. The molecule has 0 fully saturated rings. The second kappa shape index (κ2) is 16.8. The van der Waals surface area contributed by atoms with Gasteiger partial charge in [0.15, 0.2) is 0 Å². The first-order valence-corrected chi connectivity index (χ1v) is 9.64. The molecule has 0 aliphatic heterocycles. The first-order valence-electron chi connectivity index (χ1n) is 9.64. The smallest absolute Gasteiger partial charge is 0.248 e. The number of hydrogen-bond acceptors (Lipinski definition) is 2. The maximum absolute atomic E-state index is 11.1. The highest BCUT2D eigenvalue weighted by Crippen LogP contribution is 2.12. The van der Waals surface area contributed by atoms with Crippen molar-refractivity contribution in [3.63, 3.8) is 0 Å². The van der Waals surface area contributed by atoms with E-state index in [-0.39, 0.29) is 5.91 Å². The third-order valence-corrected chi connectivity index (χ3v) is 4.21. The number of unbranched alkanes of at least 4 members (excludes halogenated alkanes) is 13. The Bertz CT molecular complexity index is 242. The normalized spacial score (nSPS) is 12.3. The Morgan fingerprint density at radius 2 is 1.14 bits per heavy atom. The van der Waals surface area contributed by atoms with Crippen molar-refractivity contribution >= 4 is 5.91 Å². The van der Waals surface area contributed by atoms with Crippen molar-refractivity contribution in [2.45, 2.75) is 110 Å². The largest absolute Gasteiger partial charge is 0.384 e. The summed E-state index contributed by atoms with van der Waals surface area (Å²) in [6.45, 7) is 4.47. The number of rotatable bonds is 16. The summed E-state index contributed by atoms with van der Waals surface area (Å²) in [4.78, 5) is 11.1. The summed E-state index contributed by atoms with van der Waals surface area (Å²) in [6.07, 6.45) is 17.9. The number of hydrogen-bond donors (Lipinski definition) is 2. The van der Waals surface area contributed by atoms with E-state index in [1.54, 1.807) is 0 Å². The lowest BCUT2D eigenvalue weighted by Crippen LogP contribution is -2.33. The van der Waals surface area contributed by atoms with Crippen LogP contribution in [0.1, 0.15) is 104 Å². The molecule has 132 valence electrons.